The lowest BCUT2D eigenvalue weighted by Gasteiger charge is -2.20. The minimum absolute atomic E-state index is 0.0760. The molecule has 0 saturated carbocycles. The summed E-state index contributed by atoms with van der Waals surface area (Å²) in [6.45, 7) is 4.72. The van der Waals surface area contributed by atoms with Crippen LogP contribution in [0.4, 0.5) is 11.4 Å². The lowest BCUT2D eigenvalue weighted by molar-refractivity contribution is -0.117. The highest BCUT2D eigenvalue weighted by atomic mass is 16.2. The zero-order valence-electron chi connectivity index (χ0n) is 14.0. The second kappa shape index (κ2) is 8.51. The summed E-state index contributed by atoms with van der Waals surface area (Å²) in [5, 5.41) is 5.64. The van der Waals surface area contributed by atoms with Gasteiger partial charge in [-0.25, -0.2) is 0 Å². The molecule has 22 heavy (non-hydrogen) atoms. The summed E-state index contributed by atoms with van der Waals surface area (Å²) in [4.78, 5) is 27.4. The Morgan fingerprint density at radius 1 is 1.00 bits per heavy atom. The van der Waals surface area contributed by atoms with Crippen LogP contribution in [0.2, 0.25) is 0 Å². The average Bonchev–Trinajstić information content (AvgIpc) is 2.37. The smallest absolute Gasteiger partial charge is 0.238 e. The number of nitrogens with one attached hydrogen (secondary N) is 2. The summed E-state index contributed by atoms with van der Waals surface area (Å²) in [5.74, 6) is -0.166. The molecule has 2 amide bonds. The third kappa shape index (κ3) is 6.69. The van der Waals surface area contributed by atoms with E-state index in [-0.39, 0.29) is 11.8 Å². The Labute approximate surface area is 132 Å². The van der Waals surface area contributed by atoms with E-state index in [1.807, 2.05) is 39.9 Å². The van der Waals surface area contributed by atoms with E-state index in [2.05, 4.69) is 10.6 Å². The van der Waals surface area contributed by atoms with Crippen molar-refractivity contribution in [2.45, 2.75) is 19.9 Å². The second-order valence-electron chi connectivity index (χ2n) is 5.92. The van der Waals surface area contributed by atoms with Crippen LogP contribution in [-0.4, -0.2) is 61.9 Å². The Morgan fingerprint density at radius 2 is 1.50 bits per heavy atom. The quantitative estimate of drug-likeness (QED) is 0.800. The van der Waals surface area contributed by atoms with Crippen molar-refractivity contribution in [2.24, 2.45) is 0 Å². The number of nitrogens with zero attached hydrogens (tertiary/aromatic N) is 2. The largest absolute Gasteiger partial charge is 0.325 e. The molecule has 0 fully saturated rings. The highest BCUT2D eigenvalue weighted by Crippen LogP contribution is 2.15. The zero-order chi connectivity index (χ0) is 16.7. The van der Waals surface area contributed by atoms with Gasteiger partial charge in [0.05, 0.1) is 13.1 Å². The number of hydrogen-bond acceptors (Lipinski definition) is 4. The first-order chi connectivity index (χ1) is 10.3. The van der Waals surface area contributed by atoms with Gasteiger partial charge in [0.1, 0.15) is 0 Å². The van der Waals surface area contributed by atoms with Gasteiger partial charge in [-0.05, 0) is 53.2 Å². The van der Waals surface area contributed by atoms with Crippen LogP contribution in [0.5, 0.6) is 0 Å². The second-order valence-corrected chi connectivity index (χ2v) is 5.92. The number of carbonyl (C=O) groups excluding carboxylic acids is 2. The fraction of sp³-hybridized carbons (Fsp3) is 0.500. The summed E-state index contributed by atoms with van der Waals surface area (Å²) in [7, 11) is 5.57. The lowest BCUT2D eigenvalue weighted by atomic mass is 10.2. The van der Waals surface area contributed by atoms with Crippen molar-refractivity contribution < 1.29 is 9.59 Å². The van der Waals surface area contributed by atoms with Crippen molar-refractivity contribution in [1.82, 2.24) is 9.80 Å². The minimum atomic E-state index is -0.0898. The number of amides is 2. The normalized spacial score (nSPS) is 11.1. The molecule has 0 heterocycles. The van der Waals surface area contributed by atoms with Crippen molar-refractivity contribution in [3.63, 3.8) is 0 Å². The fourth-order valence-electron chi connectivity index (χ4n) is 1.77. The lowest BCUT2D eigenvalue weighted by Crippen LogP contribution is -2.34. The molecule has 0 aliphatic heterocycles. The molecule has 122 valence electrons. The van der Waals surface area contributed by atoms with Crippen LogP contribution in [0.3, 0.4) is 0 Å². The first-order valence-electron chi connectivity index (χ1n) is 7.32. The average molecular weight is 306 g/mol. The van der Waals surface area contributed by atoms with Gasteiger partial charge in [0.15, 0.2) is 0 Å². The number of rotatable bonds is 7. The minimum Gasteiger partial charge on any atom is -0.325 e. The van der Waals surface area contributed by atoms with Gasteiger partial charge in [-0.15, -0.1) is 0 Å². The molecule has 0 aliphatic rings. The monoisotopic (exact) mass is 306 g/mol. The molecular formula is C16H26N4O2. The molecule has 1 rings (SSSR count). The van der Waals surface area contributed by atoms with Gasteiger partial charge >= 0.3 is 0 Å². The molecule has 1 aromatic carbocycles. The van der Waals surface area contributed by atoms with E-state index < -0.39 is 0 Å². The van der Waals surface area contributed by atoms with Gasteiger partial charge in [0.2, 0.25) is 11.8 Å². The van der Waals surface area contributed by atoms with Crippen LogP contribution in [0.25, 0.3) is 0 Å². The van der Waals surface area contributed by atoms with E-state index in [1.54, 1.807) is 29.2 Å². The first kappa shape index (κ1) is 18.1. The molecular weight excluding hydrogens is 280 g/mol. The van der Waals surface area contributed by atoms with Crippen molar-refractivity contribution in [3.05, 3.63) is 24.3 Å². The van der Waals surface area contributed by atoms with Gasteiger partial charge in [-0.3, -0.25) is 14.5 Å². The summed E-state index contributed by atoms with van der Waals surface area (Å²) in [5.41, 5.74) is 1.34. The molecule has 6 nitrogen and oxygen atoms in total. The molecule has 0 bridgehead atoms. The highest BCUT2D eigenvalue weighted by Gasteiger charge is 2.10. The molecule has 0 atom stereocenters. The van der Waals surface area contributed by atoms with Crippen molar-refractivity contribution in [3.8, 4) is 0 Å². The maximum absolute atomic E-state index is 12.0. The topological polar surface area (TPSA) is 64.7 Å². The Balaban J connectivity index is 2.60. The Bertz CT molecular complexity index is 515. The standard InChI is InChI=1S/C16H26N4O2/c1-12(2)20(5)11-16(22)18-14-8-6-7-13(9-14)17-15(21)10-19(3)4/h6-9,12H,10-11H2,1-5H3,(H,17,21)(H,18,22). The van der Waals surface area contributed by atoms with Crippen LogP contribution in [0, 0.1) is 0 Å². The molecule has 0 radical (unpaired) electrons. The zero-order valence-corrected chi connectivity index (χ0v) is 14.0. The molecule has 2 N–H and O–H groups in total. The van der Waals surface area contributed by atoms with Crippen molar-refractivity contribution in [2.75, 3.05) is 44.9 Å². The van der Waals surface area contributed by atoms with E-state index in [4.69, 9.17) is 0 Å². The molecule has 0 aromatic heterocycles. The van der Waals surface area contributed by atoms with Crippen molar-refractivity contribution in [1.29, 1.82) is 0 Å². The summed E-state index contributed by atoms with van der Waals surface area (Å²) < 4.78 is 0. The molecule has 0 spiro atoms. The number of anilines is 2. The maximum atomic E-state index is 12.0. The van der Waals surface area contributed by atoms with E-state index in [0.717, 1.165) is 0 Å². The summed E-state index contributed by atoms with van der Waals surface area (Å²) in [6.07, 6.45) is 0. The predicted octanol–water partition coefficient (Wildman–Crippen LogP) is 1.47. The molecule has 0 saturated heterocycles. The van der Waals surface area contributed by atoms with Crippen LogP contribution < -0.4 is 10.6 Å². The van der Waals surface area contributed by atoms with E-state index in [1.165, 1.54) is 0 Å². The van der Waals surface area contributed by atoms with Crippen LogP contribution >= 0.6 is 0 Å². The SMILES string of the molecule is CC(C)N(C)CC(=O)Nc1cccc(NC(=O)CN(C)C)c1. The Kier molecular flexibility index (Phi) is 7.01. The van der Waals surface area contributed by atoms with Crippen LogP contribution in [0.1, 0.15) is 13.8 Å². The molecule has 0 unspecified atom stereocenters. The number of likely N-dealkylation sites (N-methyl/N-ethyl adjacent to an activating group) is 2. The number of hydrogen-bond donors (Lipinski definition) is 2. The number of carbonyl (C=O) groups is 2. The number of benzene rings is 1. The molecule has 6 heteroatoms. The van der Waals surface area contributed by atoms with E-state index in [0.29, 0.717) is 30.5 Å². The Hall–Kier alpha value is -1.92. The van der Waals surface area contributed by atoms with Gasteiger partial charge in [-0.1, -0.05) is 6.07 Å². The van der Waals surface area contributed by atoms with Crippen molar-refractivity contribution >= 4 is 23.2 Å². The van der Waals surface area contributed by atoms with Crippen LogP contribution in [0.15, 0.2) is 24.3 Å². The fourth-order valence-corrected chi connectivity index (χ4v) is 1.77. The highest BCUT2D eigenvalue weighted by molar-refractivity contribution is 5.95. The van der Waals surface area contributed by atoms with Gasteiger partial charge in [-0.2, -0.15) is 0 Å². The van der Waals surface area contributed by atoms with Gasteiger partial charge in [0.25, 0.3) is 0 Å². The third-order valence-electron chi connectivity index (χ3n) is 3.16. The van der Waals surface area contributed by atoms with E-state index in [9.17, 15) is 9.59 Å². The summed E-state index contributed by atoms with van der Waals surface area (Å²) >= 11 is 0. The Morgan fingerprint density at radius 3 is 1.95 bits per heavy atom. The maximum Gasteiger partial charge on any atom is 0.238 e. The third-order valence-corrected chi connectivity index (χ3v) is 3.16. The predicted molar refractivity (Wildman–Crippen MR) is 90.0 cm³/mol. The summed E-state index contributed by atoms with van der Waals surface area (Å²) in [6, 6.07) is 7.45. The molecule has 1 aromatic rings. The van der Waals surface area contributed by atoms with E-state index >= 15 is 0 Å². The van der Waals surface area contributed by atoms with Gasteiger partial charge in [0, 0.05) is 17.4 Å². The van der Waals surface area contributed by atoms with Crippen LogP contribution in [-0.2, 0) is 9.59 Å². The molecule has 0 aliphatic carbocycles. The van der Waals surface area contributed by atoms with Gasteiger partial charge < -0.3 is 15.5 Å². The first-order valence-corrected chi connectivity index (χ1v) is 7.32.